The maximum Gasteiger partial charge on any atom is 0.253 e. The molecule has 0 atom stereocenters. The number of nitrogens with two attached hydrogens (primary N) is 1. The van der Waals surface area contributed by atoms with Crippen molar-refractivity contribution in [3.63, 3.8) is 0 Å². The molecule has 2 heterocycles. The number of hydrogen-bond donors (Lipinski definition) is 1. The molecule has 27 heavy (non-hydrogen) atoms. The van der Waals surface area contributed by atoms with Gasteiger partial charge in [0, 0.05) is 63.1 Å². The van der Waals surface area contributed by atoms with E-state index in [4.69, 9.17) is 5.73 Å². The van der Waals surface area contributed by atoms with Crippen LogP contribution in [0.2, 0.25) is 0 Å². The van der Waals surface area contributed by atoms with Gasteiger partial charge in [-0.2, -0.15) is 5.10 Å². The normalized spacial score (nSPS) is 15.3. The number of halogens is 1. The second-order valence-electron chi connectivity index (χ2n) is 6.93. The molecule has 148 valence electrons. The van der Waals surface area contributed by atoms with Crippen molar-refractivity contribution in [2.24, 2.45) is 5.73 Å². The number of aryl methyl sites for hydroxylation is 1. The molecular weight excluding hydrogens is 362 g/mol. The van der Waals surface area contributed by atoms with Crippen LogP contribution in [0.15, 0.2) is 36.7 Å². The molecule has 3 rings (SSSR count). The van der Waals surface area contributed by atoms with Crippen LogP contribution in [-0.2, 0) is 19.6 Å². The highest BCUT2D eigenvalue weighted by Crippen LogP contribution is 2.13. The molecule has 2 N–H and O–H groups in total. The van der Waals surface area contributed by atoms with Gasteiger partial charge in [-0.05, 0) is 30.5 Å². The average molecular weight is 392 g/mol. The Morgan fingerprint density at radius 3 is 2.59 bits per heavy atom. The second-order valence-corrected chi connectivity index (χ2v) is 6.93. The summed E-state index contributed by atoms with van der Waals surface area (Å²) in [6.45, 7) is 8.00. The summed E-state index contributed by atoms with van der Waals surface area (Å²) in [4.78, 5) is 17.1. The van der Waals surface area contributed by atoms with E-state index >= 15 is 0 Å². The fraction of sp³-hybridized carbons (Fsp3) is 0.500. The molecule has 1 aliphatic rings. The Balaban J connectivity index is 0.00000261. The van der Waals surface area contributed by atoms with E-state index in [1.165, 1.54) is 5.56 Å². The van der Waals surface area contributed by atoms with Crippen LogP contribution < -0.4 is 5.73 Å². The topological polar surface area (TPSA) is 67.4 Å². The molecule has 7 heteroatoms. The Morgan fingerprint density at radius 1 is 1.11 bits per heavy atom. The van der Waals surface area contributed by atoms with E-state index in [1.54, 1.807) is 0 Å². The lowest BCUT2D eigenvalue weighted by atomic mass is 10.1. The summed E-state index contributed by atoms with van der Waals surface area (Å²) in [5.74, 6) is 0.117. The number of benzene rings is 1. The summed E-state index contributed by atoms with van der Waals surface area (Å²) < 4.78 is 2.01. The van der Waals surface area contributed by atoms with Gasteiger partial charge in [-0.1, -0.05) is 19.1 Å². The summed E-state index contributed by atoms with van der Waals surface area (Å²) in [7, 11) is 0. The number of rotatable bonds is 6. The van der Waals surface area contributed by atoms with E-state index in [0.717, 1.165) is 63.2 Å². The highest BCUT2D eigenvalue weighted by molar-refractivity contribution is 5.94. The molecule has 1 fully saturated rings. The van der Waals surface area contributed by atoms with E-state index in [2.05, 4.69) is 23.1 Å². The lowest BCUT2D eigenvalue weighted by molar-refractivity contribution is 0.0761. The van der Waals surface area contributed by atoms with Crippen LogP contribution >= 0.6 is 12.4 Å². The summed E-state index contributed by atoms with van der Waals surface area (Å²) in [5, 5.41) is 4.41. The zero-order valence-electron chi connectivity index (χ0n) is 16.0. The van der Waals surface area contributed by atoms with Crippen molar-refractivity contribution in [1.29, 1.82) is 0 Å². The first-order valence-corrected chi connectivity index (χ1v) is 9.51. The van der Waals surface area contributed by atoms with Gasteiger partial charge in [0.25, 0.3) is 5.91 Å². The first-order valence-electron chi connectivity index (χ1n) is 9.51. The van der Waals surface area contributed by atoms with E-state index < -0.39 is 0 Å². The monoisotopic (exact) mass is 391 g/mol. The molecular formula is C20H30ClN5O. The lowest BCUT2D eigenvalue weighted by Crippen LogP contribution is -2.35. The van der Waals surface area contributed by atoms with Gasteiger partial charge in [-0.25, -0.2) is 0 Å². The zero-order chi connectivity index (χ0) is 18.4. The number of carbonyl (C=O) groups excluding carboxylic acids is 1. The summed E-state index contributed by atoms with van der Waals surface area (Å²) in [6, 6.07) is 7.64. The van der Waals surface area contributed by atoms with Gasteiger partial charge < -0.3 is 10.6 Å². The van der Waals surface area contributed by atoms with Crippen molar-refractivity contribution in [1.82, 2.24) is 19.6 Å². The maximum absolute atomic E-state index is 12.8. The van der Waals surface area contributed by atoms with E-state index in [1.807, 2.05) is 40.0 Å². The SMILES string of the molecule is CCCn1cc(CN2CCCN(C(=O)c3ccc(CN)cc3)CC2)cn1.Cl. The maximum atomic E-state index is 12.8. The molecule has 1 aliphatic heterocycles. The minimum absolute atomic E-state index is 0. The summed E-state index contributed by atoms with van der Waals surface area (Å²) in [5.41, 5.74) is 8.67. The average Bonchev–Trinajstić information content (AvgIpc) is 2.97. The van der Waals surface area contributed by atoms with E-state index in [9.17, 15) is 4.79 Å². The molecule has 0 radical (unpaired) electrons. The van der Waals surface area contributed by atoms with Crippen LogP contribution in [0.25, 0.3) is 0 Å². The Kier molecular flexibility index (Phi) is 8.28. The predicted molar refractivity (Wildman–Crippen MR) is 110 cm³/mol. The third-order valence-electron chi connectivity index (χ3n) is 4.86. The van der Waals surface area contributed by atoms with Gasteiger partial charge in [-0.3, -0.25) is 14.4 Å². The first kappa shape index (κ1) is 21.4. The Bertz CT molecular complexity index is 715. The van der Waals surface area contributed by atoms with Gasteiger partial charge in [0.2, 0.25) is 0 Å². The molecule has 1 aromatic heterocycles. The van der Waals surface area contributed by atoms with E-state index in [0.29, 0.717) is 6.54 Å². The smallest absolute Gasteiger partial charge is 0.253 e. The van der Waals surface area contributed by atoms with Crippen LogP contribution in [0, 0.1) is 0 Å². The second kappa shape index (κ2) is 10.4. The van der Waals surface area contributed by atoms with Crippen molar-refractivity contribution in [3.05, 3.63) is 53.3 Å². The van der Waals surface area contributed by atoms with Crippen LogP contribution in [0.1, 0.15) is 41.3 Å². The highest BCUT2D eigenvalue weighted by atomic mass is 35.5. The van der Waals surface area contributed by atoms with Crippen molar-refractivity contribution in [3.8, 4) is 0 Å². The minimum atomic E-state index is 0. The fourth-order valence-corrected chi connectivity index (χ4v) is 3.40. The minimum Gasteiger partial charge on any atom is -0.337 e. The molecule has 0 spiro atoms. The van der Waals surface area contributed by atoms with Crippen LogP contribution in [0.5, 0.6) is 0 Å². The van der Waals surface area contributed by atoms with Gasteiger partial charge >= 0.3 is 0 Å². The van der Waals surface area contributed by atoms with Crippen molar-refractivity contribution in [2.75, 3.05) is 26.2 Å². The van der Waals surface area contributed by atoms with Gasteiger partial charge in [0.1, 0.15) is 0 Å². The van der Waals surface area contributed by atoms with Crippen LogP contribution in [-0.4, -0.2) is 51.7 Å². The van der Waals surface area contributed by atoms with Gasteiger partial charge in [0.05, 0.1) is 6.20 Å². The molecule has 1 saturated heterocycles. The molecule has 0 aliphatic carbocycles. The number of amides is 1. The quantitative estimate of drug-likeness (QED) is 0.821. The molecule has 0 bridgehead atoms. The molecule has 0 unspecified atom stereocenters. The number of aromatic nitrogens is 2. The van der Waals surface area contributed by atoms with Crippen molar-refractivity contribution < 1.29 is 4.79 Å². The van der Waals surface area contributed by atoms with Crippen LogP contribution in [0.3, 0.4) is 0 Å². The largest absolute Gasteiger partial charge is 0.337 e. The first-order chi connectivity index (χ1) is 12.7. The lowest BCUT2D eigenvalue weighted by Gasteiger charge is -2.22. The highest BCUT2D eigenvalue weighted by Gasteiger charge is 2.20. The van der Waals surface area contributed by atoms with Crippen LogP contribution in [0.4, 0.5) is 0 Å². The standard InChI is InChI=1S/C20H29N5O.ClH/c1-2-8-25-16-18(14-22-25)15-23-9-3-10-24(12-11-23)20(26)19-6-4-17(13-21)5-7-19;/h4-7,14,16H,2-3,8-13,15,21H2,1H3;1H. The summed E-state index contributed by atoms with van der Waals surface area (Å²) >= 11 is 0. The molecule has 2 aromatic rings. The third kappa shape index (κ3) is 5.79. The molecule has 0 saturated carbocycles. The van der Waals surface area contributed by atoms with Gasteiger partial charge in [0.15, 0.2) is 0 Å². The fourth-order valence-electron chi connectivity index (χ4n) is 3.40. The zero-order valence-corrected chi connectivity index (χ0v) is 16.8. The number of carbonyl (C=O) groups is 1. The predicted octanol–water partition coefficient (Wildman–Crippen LogP) is 2.52. The summed E-state index contributed by atoms with van der Waals surface area (Å²) in [6.07, 6.45) is 6.18. The van der Waals surface area contributed by atoms with Crippen molar-refractivity contribution in [2.45, 2.75) is 39.4 Å². The Morgan fingerprint density at radius 2 is 1.89 bits per heavy atom. The van der Waals surface area contributed by atoms with Gasteiger partial charge in [-0.15, -0.1) is 12.4 Å². The molecule has 6 nitrogen and oxygen atoms in total. The van der Waals surface area contributed by atoms with E-state index in [-0.39, 0.29) is 18.3 Å². The Hall–Kier alpha value is -1.89. The molecule has 1 amide bonds. The van der Waals surface area contributed by atoms with Crippen molar-refractivity contribution >= 4 is 18.3 Å². The number of hydrogen-bond acceptors (Lipinski definition) is 4. The third-order valence-corrected chi connectivity index (χ3v) is 4.86. The molecule has 1 aromatic carbocycles. The number of nitrogens with zero attached hydrogens (tertiary/aromatic N) is 4. The Labute approximate surface area is 167 Å².